The SMILES string of the molecule is C=C=CC(O)c1ccc(CC)cc1. The van der Waals surface area contributed by atoms with Crippen LogP contribution in [0, 0.1) is 0 Å². The van der Waals surface area contributed by atoms with E-state index in [0.717, 1.165) is 12.0 Å². The molecule has 0 aromatic heterocycles. The molecule has 1 nitrogen and oxygen atoms in total. The molecule has 1 N–H and O–H groups in total. The number of aryl methyl sites for hydroxylation is 1. The largest absolute Gasteiger partial charge is 0.384 e. The van der Waals surface area contributed by atoms with Gasteiger partial charge in [-0.1, -0.05) is 37.8 Å². The number of benzene rings is 1. The van der Waals surface area contributed by atoms with Gasteiger partial charge in [-0.15, -0.1) is 5.73 Å². The fraction of sp³-hybridized carbons (Fsp3) is 0.250. The van der Waals surface area contributed by atoms with Crippen molar-refractivity contribution in [3.05, 3.63) is 53.8 Å². The van der Waals surface area contributed by atoms with E-state index in [1.807, 2.05) is 24.3 Å². The van der Waals surface area contributed by atoms with Crippen LogP contribution in [0.3, 0.4) is 0 Å². The van der Waals surface area contributed by atoms with Crippen molar-refractivity contribution >= 4 is 0 Å². The van der Waals surface area contributed by atoms with Gasteiger partial charge in [0, 0.05) is 0 Å². The summed E-state index contributed by atoms with van der Waals surface area (Å²) in [5.74, 6) is 0. The first-order chi connectivity index (χ1) is 6.27. The van der Waals surface area contributed by atoms with Crippen LogP contribution in [-0.2, 0) is 6.42 Å². The number of aliphatic hydroxyl groups excluding tert-OH is 1. The zero-order valence-corrected chi connectivity index (χ0v) is 7.83. The molecule has 0 saturated heterocycles. The summed E-state index contributed by atoms with van der Waals surface area (Å²) in [6.07, 6.45) is 1.98. The zero-order valence-electron chi connectivity index (χ0n) is 7.83. The second kappa shape index (κ2) is 4.66. The van der Waals surface area contributed by atoms with Gasteiger partial charge in [0.2, 0.25) is 0 Å². The fourth-order valence-corrected chi connectivity index (χ4v) is 1.16. The Kier molecular flexibility index (Phi) is 3.51. The third-order valence-corrected chi connectivity index (χ3v) is 2.01. The minimum atomic E-state index is -0.580. The summed E-state index contributed by atoms with van der Waals surface area (Å²) in [6.45, 7) is 5.53. The zero-order chi connectivity index (χ0) is 9.68. The molecule has 0 amide bonds. The van der Waals surface area contributed by atoms with Gasteiger partial charge in [-0.05, 0) is 23.6 Å². The second-order valence-electron chi connectivity index (χ2n) is 2.91. The van der Waals surface area contributed by atoms with Crippen LogP contribution in [0.25, 0.3) is 0 Å². The maximum atomic E-state index is 9.53. The van der Waals surface area contributed by atoms with Gasteiger partial charge in [0.25, 0.3) is 0 Å². The van der Waals surface area contributed by atoms with E-state index < -0.39 is 6.10 Å². The van der Waals surface area contributed by atoms with Crippen molar-refractivity contribution in [2.75, 3.05) is 0 Å². The van der Waals surface area contributed by atoms with Crippen molar-refractivity contribution in [2.45, 2.75) is 19.4 Å². The van der Waals surface area contributed by atoms with Crippen molar-refractivity contribution in [1.29, 1.82) is 0 Å². The van der Waals surface area contributed by atoms with Crippen molar-refractivity contribution < 1.29 is 5.11 Å². The lowest BCUT2D eigenvalue weighted by atomic mass is 10.1. The van der Waals surface area contributed by atoms with E-state index >= 15 is 0 Å². The molecule has 0 aliphatic rings. The Morgan fingerprint density at radius 2 is 2.08 bits per heavy atom. The normalized spacial score (nSPS) is 11.8. The smallest absolute Gasteiger partial charge is 0.104 e. The molecule has 1 unspecified atom stereocenters. The van der Waals surface area contributed by atoms with Gasteiger partial charge in [-0.2, -0.15) is 0 Å². The third-order valence-electron chi connectivity index (χ3n) is 2.01. The Hall–Kier alpha value is -1.30. The van der Waals surface area contributed by atoms with E-state index in [2.05, 4.69) is 19.2 Å². The molecule has 0 bridgehead atoms. The number of hydrogen-bond donors (Lipinski definition) is 1. The molecule has 0 radical (unpaired) electrons. The minimum Gasteiger partial charge on any atom is -0.384 e. The van der Waals surface area contributed by atoms with Gasteiger partial charge in [0.15, 0.2) is 0 Å². The molecular weight excluding hydrogens is 160 g/mol. The summed E-state index contributed by atoms with van der Waals surface area (Å²) in [7, 11) is 0. The topological polar surface area (TPSA) is 20.2 Å². The predicted octanol–water partition coefficient (Wildman–Crippen LogP) is 2.62. The van der Waals surface area contributed by atoms with E-state index in [1.165, 1.54) is 5.56 Å². The highest BCUT2D eigenvalue weighted by atomic mass is 16.3. The molecular formula is C12H14O. The highest BCUT2D eigenvalue weighted by Gasteiger charge is 2.01. The van der Waals surface area contributed by atoms with E-state index in [-0.39, 0.29) is 0 Å². The van der Waals surface area contributed by atoms with Gasteiger partial charge >= 0.3 is 0 Å². The standard InChI is InChI=1S/C12H14O/c1-3-5-12(13)11-8-6-10(4-2)7-9-11/h5-9,12-13H,1,4H2,2H3. The highest BCUT2D eigenvalue weighted by Crippen LogP contribution is 2.14. The summed E-state index contributed by atoms with van der Waals surface area (Å²) in [6, 6.07) is 7.90. The molecule has 0 saturated carbocycles. The molecule has 0 heterocycles. The van der Waals surface area contributed by atoms with Crippen molar-refractivity contribution in [3.63, 3.8) is 0 Å². The van der Waals surface area contributed by atoms with Gasteiger partial charge in [-0.25, -0.2) is 0 Å². The summed E-state index contributed by atoms with van der Waals surface area (Å²) in [4.78, 5) is 0. The number of rotatable bonds is 3. The van der Waals surface area contributed by atoms with Crippen LogP contribution in [0.5, 0.6) is 0 Å². The number of hydrogen-bond acceptors (Lipinski definition) is 1. The van der Waals surface area contributed by atoms with Gasteiger partial charge in [0.1, 0.15) is 6.10 Å². The first-order valence-electron chi connectivity index (χ1n) is 4.40. The van der Waals surface area contributed by atoms with Crippen LogP contribution in [0.1, 0.15) is 24.2 Å². The Labute approximate surface area is 79.0 Å². The maximum Gasteiger partial charge on any atom is 0.104 e. The molecule has 1 heteroatoms. The van der Waals surface area contributed by atoms with E-state index in [4.69, 9.17) is 0 Å². The molecule has 1 atom stereocenters. The van der Waals surface area contributed by atoms with E-state index in [0.29, 0.717) is 0 Å². The average molecular weight is 174 g/mol. The molecule has 0 aliphatic carbocycles. The lowest BCUT2D eigenvalue weighted by molar-refractivity contribution is 0.229. The molecule has 0 spiro atoms. The molecule has 0 fully saturated rings. The molecule has 13 heavy (non-hydrogen) atoms. The Morgan fingerprint density at radius 3 is 2.54 bits per heavy atom. The molecule has 0 aliphatic heterocycles. The quantitative estimate of drug-likeness (QED) is 0.698. The Bertz CT molecular complexity index is 304. The van der Waals surface area contributed by atoms with Crippen molar-refractivity contribution in [3.8, 4) is 0 Å². The highest BCUT2D eigenvalue weighted by molar-refractivity contribution is 5.26. The van der Waals surface area contributed by atoms with E-state index in [1.54, 1.807) is 6.08 Å². The van der Waals surface area contributed by atoms with E-state index in [9.17, 15) is 5.11 Å². The van der Waals surface area contributed by atoms with Crippen LogP contribution < -0.4 is 0 Å². The first-order valence-corrected chi connectivity index (χ1v) is 4.40. The molecule has 1 aromatic carbocycles. The van der Waals surface area contributed by atoms with Gasteiger partial charge < -0.3 is 5.11 Å². The maximum absolute atomic E-state index is 9.53. The lowest BCUT2D eigenvalue weighted by Crippen LogP contribution is -1.92. The second-order valence-corrected chi connectivity index (χ2v) is 2.91. The fourth-order valence-electron chi connectivity index (χ4n) is 1.16. The summed E-state index contributed by atoms with van der Waals surface area (Å²) in [5, 5.41) is 9.53. The summed E-state index contributed by atoms with van der Waals surface area (Å²) in [5.41, 5.74) is 4.73. The van der Waals surface area contributed by atoms with Crippen LogP contribution in [0.2, 0.25) is 0 Å². The average Bonchev–Trinajstić information content (AvgIpc) is 2.18. The third kappa shape index (κ3) is 2.59. The van der Waals surface area contributed by atoms with Crippen molar-refractivity contribution in [1.82, 2.24) is 0 Å². The monoisotopic (exact) mass is 174 g/mol. The summed E-state index contributed by atoms with van der Waals surface area (Å²) < 4.78 is 0. The van der Waals surface area contributed by atoms with Crippen LogP contribution >= 0.6 is 0 Å². The minimum absolute atomic E-state index is 0.580. The van der Waals surface area contributed by atoms with Crippen LogP contribution in [0.4, 0.5) is 0 Å². The molecule has 1 aromatic rings. The van der Waals surface area contributed by atoms with Crippen molar-refractivity contribution in [2.24, 2.45) is 0 Å². The van der Waals surface area contributed by atoms with Gasteiger partial charge in [0.05, 0.1) is 0 Å². The predicted molar refractivity (Wildman–Crippen MR) is 54.5 cm³/mol. The Morgan fingerprint density at radius 1 is 1.46 bits per heavy atom. The first kappa shape index (κ1) is 9.79. The Balaban J connectivity index is 2.85. The lowest BCUT2D eigenvalue weighted by Gasteiger charge is -2.05. The molecule has 1 rings (SSSR count). The summed E-state index contributed by atoms with van der Waals surface area (Å²) >= 11 is 0. The van der Waals surface area contributed by atoms with Gasteiger partial charge in [-0.3, -0.25) is 0 Å². The molecule has 68 valence electrons. The van der Waals surface area contributed by atoms with Crippen LogP contribution in [0.15, 0.2) is 42.7 Å². The number of aliphatic hydroxyl groups is 1. The van der Waals surface area contributed by atoms with Crippen LogP contribution in [-0.4, -0.2) is 5.11 Å².